The predicted octanol–water partition coefficient (Wildman–Crippen LogP) is 2.50. The van der Waals surface area contributed by atoms with E-state index in [9.17, 15) is 13.2 Å². The van der Waals surface area contributed by atoms with Gasteiger partial charge in [0.05, 0.1) is 15.6 Å². The van der Waals surface area contributed by atoms with Gasteiger partial charge in [-0.05, 0) is 24.3 Å². The van der Waals surface area contributed by atoms with Crippen LogP contribution in [-0.2, 0) is 14.8 Å². The summed E-state index contributed by atoms with van der Waals surface area (Å²) in [7, 11) is -3.59. The number of anilines is 1. The SMILES string of the molecule is C=CC(=O)Nc1cc(S(=O)(=O)N(CC)CC)ccc1Cl. The van der Waals surface area contributed by atoms with Crippen LogP contribution in [0.4, 0.5) is 5.69 Å². The fraction of sp³-hybridized carbons (Fsp3) is 0.308. The monoisotopic (exact) mass is 316 g/mol. The van der Waals surface area contributed by atoms with Crippen molar-refractivity contribution in [1.29, 1.82) is 0 Å². The third kappa shape index (κ3) is 3.59. The van der Waals surface area contributed by atoms with Crippen molar-refractivity contribution in [2.75, 3.05) is 18.4 Å². The second kappa shape index (κ2) is 6.88. The molecule has 0 unspecified atom stereocenters. The first-order chi connectivity index (χ1) is 9.36. The standard InChI is InChI=1S/C13H17ClN2O3S/c1-4-13(17)15-12-9-10(7-8-11(12)14)20(18,19)16(5-2)6-3/h4,7-9H,1,5-6H2,2-3H3,(H,15,17). The zero-order chi connectivity index (χ0) is 15.3. The molecular formula is C13H17ClN2O3S. The quantitative estimate of drug-likeness (QED) is 0.820. The fourth-order valence-electron chi connectivity index (χ4n) is 1.66. The van der Waals surface area contributed by atoms with Crippen LogP contribution in [0.1, 0.15) is 13.8 Å². The molecule has 7 heteroatoms. The van der Waals surface area contributed by atoms with Crippen molar-refractivity contribution in [1.82, 2.24) is 4.31 Å². The fourth-order valence-corrected chi connectivity index (χ4v) is 3.31. The van der Waals surface area contributed by atoms with Gasteiger partial charge in [-0.15, -0.1) is 0 Å². The number of benzene rings is 1. The molecule has 110 valence electrons. The lowest BCUT2D eigenvalue weighted by Crippen LogP contribution is -2.30. The van der Waals surface area contributed by atoms with E-state index in [2.05, 4.69) is 11.9 Å². The average molecular weight is 317 g/mol. The van der Waals surface area contributed by atoms with Crippen LogP contribution in [0.2, 0.25) is 5.02 Å². The van der Waals surface area contributed by atoms with Crippen molar-refractivity contribution < 1.29 is 13.2 Å². The minimum atomic E-state index is -3.59. The molecular weight excluding hydrogens is 300 g/mol. The largest absolute Gasteiger partial charge is 0.321 e. The number of amides is 1. The Morgan fingerprint density at radius 1 is 1.40 bits per heavy atom. The summed E-state index contributed by atoms with van der Waals surface area (Å²) in [4.78, 5) is 11.4. The molecule has 1 rings (SSSR count). The smallest absolute Gasteiger partial charge is 0.247 e. The van der Waals surface area contributed by atoms with Crippen LogP contribution >= 0.6 is 11.6 Å². The first-order valence-corrected chi connectivity index (χ1v) is 7.91. The number of carbonyl (C=O) groups is 1. The minimum Gasteiger partial charge on any atom is -0.321 e. The van der Waals surface area contributed by atoms with Crippen LogP contribution in [0.5, 0.6) is 0 Å². The van der Waals surface area contributed by atoms with Crippen LogP contribution in [0, 0.1) is 0 Å². The Morgan fingerprint density at radius 2 is 2.00 bits per heavy atom. The van der Waals surface area contributed by atoms with Crippen LogP contribution in [0.15, 0.2) is 35.7 Å². The molecule has 0 saturated heterocycles. The maximum absolute atomic E-state index is 12.4. The number of rotatable bonds is 6. The van der Waals surface area contributed by atoms with Crippen LogP contribution < -0.4 is 5.32 Å². The van der Waals surface area contributed by atoms with Crippen molar-refractivity contribution in [3.63, 3.8) is 0 Å². The van der Waals surface area contributed by atoms with E-state index in [-0.39, 0.29) is 15.6 Å². The van der Waals surface area contributed by atoms with Crippen molar-refractivity contribution in [2.45, 2.75) is 18.7 Å². The molecule has 0 aromatic heterocycles. The Hall–Kier alpha value is -1.37. The van der Waals surface area contributed by atoms with Crippen LogP contribution in [-0.4, -0.2) is 31.7 Å². The van der Waals surface area contributed by atoms with Gasteiger partial charge < -0.3 is 5.32 Å². The number of carbonyl (C=O) groups excluding carboxylic acids is 1. The molecule has 0 aliphatic heterocycles. The zero-order valence-electron chi connectivity index (χ0n) is 11.4. The molecule has 1 aromatic rings. The zero-order valence-corrected chi connectivity index (χ0v) is 13.0. The summed E-state index contributed by atoms with van der Waals surface area (Å²) >= 11 is 5.94. The van der Waals surface area contributed by atoms with Crippen LogP contribution in [0.25, 0.3) is 0 Å². The molecule has 0 bridgehead atoms. The lowest BCUT2D eigenvalue weighted by molar-refractivity contribution is -0.111. The highest BCUT2D eigenvalue weighted by Crippen LogP contribution is 2.26. The summed E-state index contributed by atoms with van der Waals surface area (Å²) in [5, 5.41) is 2.74. The number of nitrogens with one attached hydrogen (secondary N) is 1. The summed E-state index contributed by atoms with van der Waals surface area (Å²) in [5.41, 5.74) is 0.241. The molecule has 0 fully saturated rings. The highest BCUT2D eigenvalue weighted by Gasteiger charge is 2.22. The summed E-state index contributed by atoms with van der Waals surface area (Å²) in [6.07, 6.45) is 1.09. The average Bonchev–Trinajstić information content (AvgIpc) is 2.41. The van der Waals surface area contributed by atoms with E-state index >= 15 is 0 Å². The van der Waals surface area contributed by atoms with E-state index in [4.69, 9.17) is 11.6 Å². The van der Waals surface area contributed by atoms with Gasteiger partial charge in [0.25, 0.3) is 0 Å². The van der Waals surface area contributed by atoms with E-state index in [1.807, 2.05) is 0 Å². The van der Waals surface area contributed by atoms with E-state index < -0.39 is 15.9 Å². The Kier molecular flexibility index (Phi) is 5.74. The van der Waals surface area contributed by atoms with Gasteiger partial charge >= 0.3 is 0 Å². The summed E-state index contributed by atoms with van der Waals surface area (Å²) in [6.45, 7) is 7.60. The molecule has 0 atom stereocenters. The maximum atomic E-state index is 12.4. The minimum absolute atomic E-state index is 0.0879. The highest BCUT2D eigenvalue weighted by atomic mass is 35.5. The van der Waals surface area contributed by atoms with Gasteiger partial charge in [0.15, 0.2) is 0 Å². The lowest BCUT2D eigenvalue weighted by atomic mass is 10.3. The highest BCUT2D eigenvalue weighted by molar-refractivity contribution is 7.89. The third-order valence-electron chi connectivity index (χ3n) is 2.72. The molecule has 5 nitrogen and oxygen atoms in total. The Bertz CT molecular complexity index is 610. The molecule has 0 aliphatic carbocycles. The van der Waals surface area contributed by atoms with Crippen LogP contribution in [0.3, 0.4) is 0 Å². The van der Waals surface area contributed by atoms with Gasteiger partial charge in [-0.1, -0.05) is 32.0 Å². The lowest BCUT2D eigenvalue weighted by Gasteiger charge is -2.19. The van der Waals surface area contributed by atoms with Gasteiger partial charge in [-0.3, -0.25) is 4.79 Å². The molecule has 0 heterocycles. The normalized spacial score (nSPS) is 11.4. The Labute approximate surface area is 124 Å². The molecule has 20 heavy (non-hydrogen) atoms. The number of nitrogens with zero attached hydrogens (tertiary/aromatic N) is 1. The van der Waals surface area contributed by atoms with Crippen molar-refractivity contribution in [3.05, 3.63) is 35.9 Å². The number of hydrogen-bond donors (Lipinski definition) is 1. The molecule has 1 N–H and O–H groups in total. The van der Waals surface area contributed by atoms with Gasteiger partial charge in [0.1, 0.15) is 0 Å². The summed E-state index contributed by atoms with van der Waals surface area (Å²) < 4.78 is 26.1. The van der Waals surface area contributed by atoms with Gasteiger partial charge in [-0.2, -0.15) is 4.31 Å². The molecule has 1 aromatic carbocycles. The maximum Gasteiger partial charge on any atom is 0.247 e. The third-order valence-corrected chi connectivity index (χ3v) is 5.10. The van der Waals surface area contributed by atoms with Gasteiger partial charge in [0, 0.05) is 13.1 Å². The van der Waals surface area contributed by atoms with E-state index in [1.165, 1.54) is 22.5 Å². The summed E-state index contributed by atoms with van der Waals surface area (Å²) in [5.74, 6) is -0.454. The molecule has 0 spiro atoms. The number of hydrogen-bond acceptors (Lipinski definition) is 3. The van der Waals surface area contributed by atoms with Gasteiger partial charge in [0.2, 0.25) is 15.9 Å². The summed E-state index contributed by atoms with van der Waals surface area (Å²) in [6, 6.07) is 4.20. The van der Waals surface area contributed by atoms with Crippen molar-refractivity contribution in [2.24, 2.45) is 0 Å². The second-order valence-electron chi connectivity index (χ2n) is 3.92. The van der Waals surface area contributed by atoms with Gasteiger partial charge in [-0.25, -0.2) is 8.42 Å². The first-order valence-electron chi connectivity index (χ1n) is 6.09. The molecule has 1 amide bonds. The molecule has 0 radical (unpaired) electrons. The van der Waals surface area contributed by atoms with Crippen molar-refractivity contribution >= 4 is 33.2 Å². The molecule has 0 saturated carbocycles. The Balaban J connectivity index is 3.24. The second-order valence-corrected chi connectivity index (χ2v) is 6.27. The first kappa shape index (κ1) is 16.7. The van der Waals surface area contributed by atoms with E-state index in [1.54, 1.807) is 13.8 Å². The Morgan fingerprint density at radius 3 is 2.50 bits per heavy atom. The molecule has 0 aliphatic rings. The number of sulfonamides is 1. The topological polar surface area (TPSA) is 66.5 Å². The van der Waals surface area contributed by atoms with E-state index in [0.717, 1.165) is 6.08 Å². The number of halogens is 1. The predicted molar refractivity (Wildman–Crippen MR) is 80.4 cm³/mol. The van der Waals surface area contributed by atoms with E-state index in [0.29, 0.717) is 13.1 Å². The van der Waals surface area contributed by atoms with Crippen molar-refractivity contribution in [3.8, 4) is 0 Å².